The lowest BCUT2D eigenvalue weighted by molar-refractivity contribution is -0.127. The van der Waals surface area contributed by atoms with Crippen molar-refractivity contribution in [2.24, 2.45) is 5.41 Å². The minimum Gasteiger partial charge on any atom is -0.395 e. The van der Waals surface area contributed by atoms with Crippen LogP contribution in [0.5, 0.6) is 0 Å². The Morgan fingerprint density at radius 3 is 2.67 bits per heavy atom. The summed E-state index contributed by atoms with van der Waals surface area (Å²) >= 11 is 0. The molecule has 1 spiro atoms. The van der Waals surface area contributed by atoms with E-state index in [0.29, 0.717) is 18.7 Å². The van der Waals surface area contributed by atoms with Crippen molar-refractivity contribution in [3.8, 4) is 0 Å². The standard InChI is InChI=1S/C16H28N2O3/c1-2-21-14-11-13(16(14)7-3-4-8-16)17-15(20)18(9-10-19)12-5-6-12/h12-14,19H,2-11H2,1H3,(H,17,20). The lowest BCUT2D eigenvalue weighted by Crippen LogP contribution is -2.65. The van der Waals surface area contributed by atoms with E-state index in [-0.39, 0.29) is 24.1 Å². The van der Waals surface area contributed by atoms with Gasteiger partial charge in [-0.05, 0) is 39.0 Å². The summed E-state index contributed by atoms with van der Waals surface area (Å²) in [5.41, 5.74) is 0.181. The number of amides is 2. The summed E-state index contributed by atoms with van der Waals surface area (Å²) in [5, 5.41) is 12.4. The third-order valence-corrected chi connectivity index (χ3v) is 5.57. The Labute approximate surface area is 127 Å². The monoisotopic (exact) mass is 296 g/mol. The van der Waals surface area contributed by atoms with E-state index in [9.17, 15) is 4.79 Å². The van der Waals surface area contributed by atoms with Crippen LogP contribution in [0.3, 0.4) is 0 Å². The molecule has 2 atom stereocenters. The Balaban J connectivity index is 1.60. The highest BCUT2D eigenvalue weighted by Gasteiger charge is 2.57. The van der Waals surface area contributed by atoms with E-state index in [4.69, 9.17) is 9.84 Å². The number of carbonyl (C=O) groups excluding carboxylic acids is 1. The zero-order chi connectivity index (χ0) is 14.9. The molecule has 5 nitrogen and oxygen atoms in total. The molecule has 0 aromatic heterocycles. The van der Waals surface area contributed by atoms with Gasteiger partial charge in [0.1, 0.15) is 0 Å². The van der Waals surface area contributed by atoms with Crippen LogP contribution >= 0.6 is 0 Å². The molecule has 3 saturated carbocycles. The van der Waals surface area contributed by atoms with Crippen molar-refractivity contribution in [1.29, 1.82) is 0 Å². The van der Waals surface area contributed by atoms with Crippen LogP contribution in [0.2, 0.25) is 0 Å². The molecule has 0 aromatic carbocycles. The van der Waals surface area contributed by atoms with Gasteiger partial charge in [-0.25, -0.2) is 4.79 Å². The van der Waals surface area contributed by atoms with Crippen LogP contribution in [0.4, 0.5) is 4.79 Å². The van der Waals surface area contributed by atoms with Gasteiger partial charge in [0.05, 0.1) is 12.7 Å². The molecule has 0 bridgehead atoms. The highest BCUT2D eigenvalue weighted by atomic mass is 16.5. The first kappa shape index (κ1) is 15.1. The second-order valence-corrected chi connectivity index (χ2v) is 6.77. The van der Waals surface area contributed by atoms with Crippen LogP contribution in [-0.2, 0) is 4.74 Å². The SMILES string of the molecule is CCOC1CC(NC(=O)N(CCO)C2CC2)C12CCCC2. The number of urea groups is 1. The Bertz CT molecular complexity index is 378. The number of ether oxygens (including phenoxy) is 1. The fourth-order valence-electron chi connectivity index (χ4n) is 4.26. The van der Waals surface area contributed by atoms with E-state index in [1.165, 1.54) is 25.7 Å². The molecule has 3 rings (SSSR count). The molecule has 21 heavy (non-hydrogen) atoms. The number of carbonyl (C=O) groups is 1. The summed E-state index contributed by atoms with van der Waals surface area (Å²) in [5.74, 6) is 0. The zero-order valence-corrected chi connectivity index (χ0v) is 13.0. The maximum absolute atomic E-state index is 12.5. The third kappa shape index (κ3) is 2.78. The van der Waals surface area contributed by atoms with Crippen molar-refractivity contribution in [3.05, 3.63) is 0 Å². The van der Waals surface area contributed by atoms with Gasteiger partial charge in [0.2, 0.25) is 0 Å². The predicted octanol–water partition coefficient (Wildman–Crippen LogP) is 1.89. The molecule has 5 heteroatoms. The fourth-order valence-corrected chi connectivity index (χ4v) is 4.26. The molecule has 2 amide bonds. The van der Waals surface area contributed by atoms with Crippen molar-refractivity contribution >= 4 is 6.03 Å². The molecular formula is C16H28N2O3. The highest BCUT2D eigenvalue weighted by molar-refractivity contribution is 5.75. The molecule has 3 fully saturated rings. The molecule has 0 heterocycles. The van der Waals surface area contributed by atoms with Gasteiger partial charge in [0.15, 0.2) is 0 Å². The Kier molecular flexibility index (Phi) is 4.41. The largest absolute Gasteiger partial charge is 0.395 e. The smallest absolute Gasteiger partial charge is 0.317 e. The molecular weight excluding hydrogens is 268 g/mol. The van der Waals surface area contributed by atoms with Crippen LogP contribution in [0.25, 0.3) is 0 Å². The van der Waals surface area contributed by atoms with Gasteiger partial charge in [0, 0.05) is 30.7 Å². The number of aliphatic hydroxyl groups is 1. The van der Waals surface area contributed by atoms with Crippen molar-refractivity contribution in [2.75, 3.05) is 19.8 Å². The summed E-state index contributed by atoms with van der Waals surface area (Å²) in [6.45, 7) is 3.29. The molecule has 120 valence electrons. The number of nitrogens with zero attached hydrogens (tertiary/aromatic N) is 1. The molecule has 2 unspecified atom stereocenters. The first-order chi connectivity index (χ1) is 10.2. The Morgan fingerprint density at radius 1 is 1.38 bits per heavy atom. The molecule has 2 N–H and O–H groups in total. The van der Waals surface area contributed by atoms with Gasteiger partial charge in [-0.15, -0.1) is 0 Å². The maximum atomic E-state index is 12.5. The molecule has 0 aliphatic heterocycles. The second-order valence-electron chi connectivity index (χ2n) is 6.77. The highest BCUT2D eigenvalue weighted by Crippen LogP contribution is 2.54. The zero-order valence-electron chi connectivity index (χ0n) is 13.0. The lowest BCUT2D eigenvalue weighted by atomic mass is 9.60. The third-order valence-electron chi connectivity index (χ3n) is 5.57. The fraction of sp³-hybridized carbons (Fsp3) is 0.938. The summed E-state index contributed by atoms with van der Waals surface area (Å²) < 4.78 is 5.89. The second kappa shape index (κ2) is 6.13. The minimum atomic E-state index is 0.0118. The van der Waals surface area contributed by atoms with Crippen LogP contribution < -0.4 is 5.32 Å². The van der Waals surface area contributed by atoms with E-state index in [1.54, 1.807) is 0 Å². The first-order valence-corrected chi connectivity index (χ1v) is 8.51. The number of hydrogen-bond donors (Lipinski definition) is 2. The van der Waals surface area contributed by atoms with Gasteiger partial charge < -0.3 is 20.1 Å². The summed E-state index contributed by atoms with van der Waals surface area (Å²) in [6, 6.07) is 0.612. The number of rotatable bonds is 6. The normalized spacial score (nSPS) is 30.2. The Morgan fingerprint density at radius 2 is 2.10 bits per heavy atom. The molecule has 0 radical (unpaired) electrons. The molecule has 0 aromatic rings. The van der Waals surface area contributed by atoms with Crippen LogP contribution in [0.1, 0.15) is 51.9 Å². The molecule has 3 aliphatic rings. The summed E-state index contributed by atoms with van der Waals surface area (Å²) in [4.78, 5) is 14.3. The molecule has 3 aliphatic carbocycles. The van der Waals surface area contributed by atoms with Gasteiger partial charge in [0.25, 0.3) is 0 Å². The van der Waals surface area contributed by atoms with E-state index in [0.717, 1.165) is 25.9 Å². The average molecular weight is 296 g/mol. The maximum Gasteiger partial charge on any atom is 0.317 e. The van der Waals surface area contributed by atoms with Gasteiger partial charge in [-0.2, -0.15) is 0 Å². The van der Waals surface area contributed by atoms with E-state index in [1.807, 2.05) is 11.8 Å². The van der Waals surface area contributed by atoms with Crippen LogP contribution in [-0.4, -0.2) is 54.0 Å². The van der Waals surface area contributed by atoms with Crippen molar-refractivity contribution in [1.82, 2.24) is 10.2 Å². The van der Waals surface area contributed by atoms with Crippen molar-refractivity contribution in [3.63, 3.8) is 0 Å². The Hall–Kier alpha value is -0.810. The van der Waals surface area contributed by atoms with E-state index in [2.05, 4.69) is 5.32 Å². The topological polar surface area (TPSA) is 61.8 Å². The van der Waals surface area contributed by atoms with Gasteiger partial charge in [-0.1, -0.05) is 12.8 Å². The number of nitrogens with one attached hydrogen (secondary N) is 1. The quantitative estimate of drug-likeness (QED) is 0.787. The molecule has 0 saturated heterocycles. The van der Waals surface area contributed by atoms with Gasteiger partial charge in [-0.3, -0.25) is 0 Å². The minimum absolute atomic E-state index is 0.0118. The summed E-state index contributed by atoms with van der Waals surface area (Å²) in [6.07, 6.45) is 8.26. The van der Waals surface area contributed by atoms with Crippen molar-refractivity contribution in [2.45, 2.75) is 70.1 Å². The number of aliphatic hydroxyl groups excluding tert-OH is 1. The van der Waals surface area contributed by atoms with Crippen molar-refractivity contribution < 1.29 is 14.6 Å². The van der Waals surface area contributed by atoms with E-state index >= 15 is 0 Å². The van der Waals surface area contributed by atoms with Gasteiger partial charge >= 0.3 is 6.03 Å². The first-order valence-electron chi connectivity index (χ1n) is 8.51. The van der Waals surface area contributed by atoms with E-state index < -0.39 is 0 Å². The number of hydrogen-bond acceptors (Lipinski definition) is 3. The van der Waals surface area contributed by atoms with Crippen LogP contribution in [0.15, 0.2) is 0 Å². The summed E-state index contributed by atoms with van der Waals surface area (Å²) in [7, 11) is 0. The predicted molar refractivity (Wildman–Crippen MR) is 80.1 cm³/mol. The lowest BCUT2D eigenvalue weighted by Gasteiger charge is -2.54. The van der Waals surface area contributed by atoms with Crippen LogP contribution in [0, 0.1) is 5.41 Å². The average Bonchev–Trinajstić information content (AvgIpc) is 3.17.